The van der Waals surface area contributed by atoms with Gasteiger partial charge in [0.1, 0.15) is 12.4 Å². The molecule has 0 spiro atoms. The molecular weight excluding hydrogens is 342 g/mol. The fourth-order valence-electron chi connectivity index (χ4n) is 2.88. The number of carbonyl (C=O) groups excluding carboxylic acids is 1. The number of amides is 1. The van der Waals surface area contributed by atoms with Crippen molar-refractivity contribution < 1.29 is 14.1 Å². The average Bonchev–Trinajstić information content (AvgIpc) is 3.11. The molecular formula is C21H23N3O3. The molecule has 1 atom stereocenters. The molecule has 0 fully saturated rings. The fourth-order valence-corrected chi connectivity index (χ4v) is 2.88. The van der Waals surface area contributed by atoms with E-state index < -0.39 is 0 Å². The van der Waals surface area contributed by atoms with Crippen LogP contribution in [0.5, 0.6) is 5.75 Å². The lowest BCUT2D eigenvalue weighted by Gasteiger charge is -2.12. The summed E-state index contributed by atoms with van der Waals surface area (Å²) in [6.45, 7) is 6.14. The number of para-hydroxylation sites is 1. The third-order valence-corrected chi connectivity index (χ3v) is 4.20. The number of rotatable bonds is 7. The molecule has 0 aliphatic carbocycles. The third kappa shape index (κ3) is 4.94. The summed E-state index contributed by atoms with van der Waals surface area (Å²) < 4.78 is 11.1. The first kappa shape index (κ1) is 18.6. The topological polar surface area (TPSA) is 77.2 Å². The normalized spacial score (nSPS) is 11.8. The van der Waals surface area contributed by atoms with E-state index in [4.69, 9.17) is 9.26 Å². The monoisotopic (exact) mass is 365 g/mol. The van der Waals surface area contributed by atoms with Gasteiger partial charge in [-0.2, -0.15) is 0 Å². The van der Waals surface area contributed by atoms with E-state index in [-0.39, 0.29) is 24.2 Å². The molecule has 0 saturated heterocycles. The third-order valence-electron chi connectivity index (χ3n) is 4.20. The standard InChI is InChI=1S/C21H23N3O3/c1-14-6-4-7-15(2)20(14)26-13-18-11-19(24-27-18)21(25)23-16(3)10-17-8-5-9-22-12-17/h4-9,11-12,16H,10,13H2,1-3H3,(H,23,25)/t16-/m0/s1. The number of ether oxygens (including phenoxy) is 1. The molecule has 1 N–H and O–H groups in total. The molecule has 140 valence electrons. The highest BCUT2D eigenvalue weighted by molar-refractivity contribution is 5.92. The van der Waals surface area contributed by atoms with Crippen molar-refractivity contribution in [3.05, 3.63) is 76.9 Å². The number of benzene rings is 1. The maximum absolute atomic E-state index is 12.4. The summed E-state index contributed by atoms with van der Waals surface area (Å²) in [5.74, 6) is 1.06. The number of nitrogens with zero attached hydrogens (tertiary/aromatic N) is 2. The summed E-state index contributed by atoms with van der Waals surface area (Å²) in [5, 5.41) is 6.77. The van der Waals surface area contributed by atoms with Gasteiger partial charge in [-0.1, -0.05) is 29.4 Å². The number of carbonyl (C=O) groups is 1. The number of aromatic nitrogens is 2. The van der Waals surface area contributed by atoms with Crippen LogP contribution in [-0.2, 0) is 13.0 Å². The van der Waals surface area contributed by atoms with Crippen molar-refractivity contribution in [2.45, 2.75) is 39.8 Å². The van der Waals surface area contributed by atoms with Crippen molar-refractivity contribution in [3.63, 3.8) is 0 Å². The van der Waals surface area contributed by atoms with E-state index in [1.807, 2.05) is 51.1 Å². The molecule has 0 aliphatic rings. The molecule has 0 aliphatic heterocycles. The molecule has 3 aromatic rings. The Morgan fingerprint density at radius 3 is 2.70 bits per heavy atom. The van der Waals surface area contributed by atoms with Gasteiger partial charge in [0.25, 0.3) is 5.91 Å². The Bertz CT molecular complexity index is 886. The van der Waals surface area contributed by atoms with Crippen LogP contribution in [0.4, 0.5) is 0 Å². The Kier molecular flexibility index (Phi) is 5.86. The highest BCUT2D eigenvalue weighted by Crippen LogP contribution is 2.23. The van der Waals surface area contributed by atoms with Gasteiger partial charge in [-0.15, -0.1) is 0 Å². The second-order valence-electron chi connectivity index (χ2n) is 6.63. The van der Waals surface area contributed by atoms with Crippen molar-refractivity contribution in [1.82, 2.24) is 15.5 Å². The zero-order valence-corrected chi connectivity index (χ0v) is 15.7. The summed E-state index contributed by atoms with van der Waals surface area (Å²) in [7, 11) is 0. The summed E-state index contributed by atoms with van der Waals surface area (Å²) in [4.78, 5) is 16.4. The van der Waals surface area contributed by atoms with Crippen LogP contribution in [0.1, 0.15) is 39.9 Å². The van der Waals surface area contributed by atoms with E-state index in [9.17, 15) is 4.79 Å². The molecule has 3 rings (SSSR count). The number of hydrogen-bond acceptors (Lipinski definition) is 5. The molecule has 1 aromatic carbocycles. The van der Waals surface area contributed by atoms with Crippen LogP contribution in [0.3, 0.4) is 0 Å². The molecule has 0 saturated carbocycles. The van der Waals surface area contributed by atoms with E-state index >= 15 is 0 Å². The Morgan fingerprint density at radius 2 is 2.00 bits per heavy atom. The molecule has 6 nitrogen and oxygen atoms in total. The Labute approximate surface area is 158 Å². The van der Waals surface area contributed by atoms with Crippen LogP contribution in [0.2, 0.25) is 0 Å². The number of nitrogens with one attached hydrogen (secondary N) is 1. The van der Waals surface area contributed by atoms with Gasteiger partial charge < -0.3 is 14.6 Å². The smallest absolute Gasteiger partial charge is 0.273 e. The highest BCUT2D eigenvalue weighted by atomic mass is 16.5. The first-order chi connectivity index (χ1) is 13.0. The molecule has 6 heteroatoms. The van der Waals surface area contributed by atoms with Gasteiger partial charge in [-0.3, -0.25) is 9.78 Å². The maximum Gasteiger partial charge on any atom is 0.273 e. The Hall–Kier alpha value is -3.15. The minimum Gasteiger partial charge on any atom is -0.485 e. The zero-order chi connectivity index (χ0) is 19.2. The van der Waals surface area contributed by atoms with Gasteiger partial charge >= 0.3 is 0 Å². The van der Waals surface area contributed by atoms with E-state index in [0.717, 1.165) is 22.4 Å². The van der Waals surface area contributed by atoms with E-state index in [1.165, 1.54) is 0 Å². The van der Waals surface area contributed by atoms with Crippen LogP contribution in [0.25, 0.3) is 0 Å². The summed E-state index contributed by atoms with van der Waals surface area (Å²) in [5.41, 5.74) is 3.41. The zero-order valence-electron chi connectivity index (χ0n) is 15.7. The van der Waals surface area contributed by atoms with Crippen LogP contribution >= 0.6 is 0 Å². The highest BCUT2D eigenvalue weighted by Gasteiger charge is 2.16. The second kappa shape index (κ2) is 8.49. The number of aryl methyl sites for hydroxylation is 2. The number of hydrogen-bond donors (Lipinski definition) is 1. The molecule has 0 radical (unpaired) electrons. The van der Waals surface area contributed by atoms with Crippen LogP contribution in [-0.4, -0.2) is 22.1 Å². The van der Waals surface area contributed by atoms with Gasteiger partial charge in [-0.05, 0) is 49.9 Å². The Morgan fingerprint density at radius 1 is 1.22 bits per heavy atom. The van der Waals surface area contributed by atoms with E-state index in [0.29, 0.717) is 12.2 Å². The minimum absolute atomic E-state index is 0.0484. The second-order valence-corrected chi connectivity index (χ2v) is 6.63. The fraction of sp³-hybridized carbons (Fsp3) is 0.286. The van der Waals surface area contributed by atoms with Crippen LogP contribution in [0.15, 0.2) is 53.3 Å². The van der Waals surface area contributed by atoms with Crippen molar-refractivity contribution in [2.75, 3.05) is 0 Å². The van der Waals surface area contributed by atoms with Crippen molar-refractivity contribution in [3.8, 4) is 5.75 Å². The summed E-state index contributed by atoms with van der Waals surface area (Å²) in [6, 6.07) is 11.4. The predicted octanol–water partition coefficient (Wildman–Crippen LogP) is 3.63. The first-order valence-corrected chi connectivity index (χ1v) is 8.87. The average molecular weight is 365 g/mol. The minimum atomic E-state index is -0.270. The van der Waals surface area contributed by atoms with Gasteiger partial charge in [0, 0.05) is 24.5 Å². The van der Waals surface area contributed by atoms with Crippen molar-refractivity contribution in [1.29, 1.82) is 0 Å². The van der Waals surface area contributed by atoms with Gasteiger partial charge in [0.15, 0.2) is 11.5 Å². The summed E-state index contributed by atoms with van der Waals surface area (Å²) in [6.07, 6.45) is 4.21. The lowest BCUT2D eigenvalue weighted by atomic mass is 10.1. The van der Waals surface area contributed by atoms with E-state index in [2.05, 4.69) is 15.5 Å². The largest absolute Gasteiger partial charge is 0.485 e. The van der Waals surface area contributed by atoms with Crippen LogP contribution < -0.4 is 10.1 Å². The van der Waals surface area contributed by atoms with Crippen molar-refractivity contribution >= 4 is 5.91 Å². The van der Waals surface area contributed by atoms with Gasteiger partial charge in [0.2, 0.25) is 0 Å². The van der Waals surface area contributed by atoms with Crippen molar-refractivity contribution in [2.24, 2.45) is 0 Å². The lowest BCUT2D eigenvalue weighted by Crippen LogP contribution is -2.34. The molecule has 27 heavy (non-hydrogen) atoms. The molecule has 2 aromatic heterocycles. The molecule has 0 bridgehead atoms. The lowest BCUT2D eigenvalue weighted by molar-refractivity contribution is 0.0930. The predicted molar refractivity (Wildman–Crippen MR) is 102 cm³/mol. The van der Waals surface area contributed by atoms with E-state index in [1.54, 1.807) is 18.5 Å². The van der Waals surface area contributed by atoms with Crippen LogP contribution in [0, 0.1) is 13.8 Å². The summed E-state index contributed by atoms with van der Waals surface area (Å²) >= 11 is 0. The molecule has 1 amide bonds. The molecule has 0 unspecified atom stereocenters. The maximum atomic E-state index is 12.4. The number of pyridine rings is 1. The van der Waals surface area contributed by atoms with Gasteiger partial charge in [0.05, 0.1) is 0 Å². The first-order valence-electron chi connectivity index (χ1n) is 8.87. The molecule has 2 heterocycles. The SMILES string of the molecule is Cc1cccc(C)c1OCc1cc(C(=O)N[C@@H](C)Cc2cccnc2)no1. The Balaban J connectivity index is 1.56. The van der Waals surface area contributed by atoms with Gasteiger partial charge in [-0.25, -0.2) is 0 Å². The quantitative estimate of drug-likeness (QED) is 0.692.